The normalized spacial score (nSPS) is 10.9. The Labute approximate surface area is 165 Å². The van der Waals surface area contributed by atoms with Gasteiger partial charge < -0.3 is 0 Å². The van der Waals surface area contributed by atoms with Crippen molar-refractivity contribution in [3.63, 3.8) is 0 Å². The molecule has 28 heavy (non-hydrogen) atoms. The number of hydrogen-bond acceptors (Lipinski definition) is 5. The molecule has 2 aromatic carbocycles. The van der Waals surface area contributed by atoms with Crippen molar-refractivity contribution in [1.29, 1.82) is 0 Å². The van der Waals surface area contributed by atoms with Crippen molar-refractivity contribution in [1.82, 2.24) is 14.5 Å². The maximum atomic E-state index is 12.7. The van der Waals surface area contributed by atoms with E-state index in [2.05, 4.69) is 9.97 Å². The third-order valence-corrected chi connectivity index (χ3v) is 5.24. The number of anilines is 2. The Hall–Kier alpha value is -3.32. The molecule has 0 aliphatic rings. The first kappa shape index (κ1) is 18.1. The van der Waals surface area contributed by atoms with Gasteiger partial charge in [0.1, 0.15) is 0 Å². The van der Waals surface area contributed by atoms with Crippen LogP contribution in [0.2, 0.25) is 0 Å². The lowest BCUT2D eigenvalue weighted by Crippen LogP contribution is -2.23. The van der Waals surface area contributed by atoms with E-state index >= 15 is 0 Å². The number of aromatic nitrogens is 3. The van der Waals surface area contributed by atoms with E-state index in [0.29, 0.717) is 28.3 Å². The highest BCUT2D eigenvalue weighted by Gasteiger charge is 2.18. The summed E-state index contributed by atoms with van der Waals surface area (Å²) in [6.45, 7) is 3.79. The SMILES string of the molecule is CC(=O)N(c1cccc(C)c1)c1nc(Cn2cnc3ccccc3c2=O)cs1. The highest BCUT2D eigenvalue weighted by atomic mass is 32.1. The van der Waals surface area contributed by atoms with Gasteiger partial charge in [0.25, 0.3) is 5.56 Å². The second-order valence-corrected chi connectivity index (χ2v) is 7.35. The standard InChI is InChI=1S/C21H18N4O2S/c1-14-6-5-7-17(10-14)25(15(2)26)21-23-16(12-28-21)11-24-13-22-19-9-4-3-8-18(19)20(24)27/h3-10,12-13H,11H2,1-2H3. The van der Waals surface area contributed by atoms with Gasteiger partial charge in [-0.15, -0.1) is 11.3 Å². The van der Waals surface area contributed by atoms with Gasteiger partial charge in [0.15, 0.2) is 5.13 Å². The molecule has 1 amide bonds. The Balaban J connectivity index is 1.66. The zero-order valence-corrected chi connectivity index (χ0v) is 16.3. The summed E-state index contributed by atoms with van der Waals surface area (Å²) >= 11 is 1.37. The molecule has 0 unspecified atom stereocenters. The Kier molecular flexibility index (Phi) is 4.75. The Bertz CT molecular complexity index is 1230. The van der Waals surface area contributed by atoms with Crippen LogP contribution in [0.15, 0.2) is 65.0 Å². The molecular formula is C21H18N4O2S. The number of carbonyl (C=O) groups is 1. The lowest BCUT2D eigenvalue weighted by atomic mass is 10.2. The predicted octanol–water partition coefficient (Wildman–Crippen LogP) is 3.89. The quantitative estimate of drug-likeness (QED) is 0.530. The number of amides is 1. The summed E-state index contributed by atoms with van der Waals surface area (Å²) in [4.78, 5) is 35.4. The van der Waals surface area contributed by atoms with Crippen LogP contribution in [0.3, 0.4) is 0 Å². The Morgan fingerprint density at radius 2 is 2.00 bits per heavy atom. The number of nitrogens with zero attached hydrogens (tertiary/aromatic N) is 4. The molecule has 4 aromatic rings. The van der Waals surface area contributed by atoms with E-state index in [9.17, 15) is 9.59 Å². The van der Waals surface area contributed by atoms with Gasteiger partial charge in [-0.05, 0) is 36.8 Å². The van der Waals surface area contributed by atoms with E-state index in [1.165, 1.54) is 29.2 Å². The molecule has 0 spiro atoms. The maximum Gasteiger partial charge on any atom is 0.261 e. The molecule has 0 aliphatic carbocycles. The molecule has 140 valence electrons. The van der Waals surface area contributed by atoms with E-state index in [-0.39, 0.29) is 11.5 Å². The van der Waals surface area contributed by atoms with Gasteiger partial charge in [0.05, 0.1) is 35.2 Å². The monoisotopic (exact) mass is 390 g/mol. The van der Waals surface area contributed by atoms with Crippen LogP contribution < -0.4 is 10.5 Å². The second-order valence-electron chi connectivity index (χ2n) is 6.51. The van der Waals surface area contributed by atoms with Crippen molar-refractivity contribution in [3.05, 3.63) is 81.8 Å². The van der Waals surface area contributed by atoms with Crippen molar-refractivity contribution in [3.8, 4) is 0 Å². The summed E-state index contributed by atoms with van der Waals surface area (Å²) in [5.74, 6) is -0.115. The Morgan fingerprint density at radius 3 is 2.79 bits per heavy atom. The molecule has 0 saturated carbocycles. The van der Waals surface area contributed by atoms with Crippen molar-refractivity contribution >= 4 is 39.0 Å². The fourth-order valence-electron chi connectivity index (χ4n) is 3.06. The van der Waals surface area contributed by atoms with Crippen LogP contribution in [-0.4, -0.2) is 20.4 Å². The number of fused-ring (bicyclic) bond motifs is 1. The van der Waals surface area contributed by atoms with Crippen molar-refractivity contribution in [2.45, 2.75) is 20.4 Å². The summed E-state index contributed by atoms with van der Waals surface area (Å²) in [5, 5.41) is 3.02. The van der Waals surface area contributed by atoms with Gasteiger partial charge in [-0.25, -0.2) is 9.97 Å². The molecule has 2 heterocycles. The van der Waals surface area contributed by atoms with Crippen LogP contribution in [0.5, 0.6) is 0 Å². The summed E-state index contributed by atoms with van der Waals surface area (Å²) in [7, 11) is 0. The summed E-state index contributed by atoms with van der Waals surface area (Å²) in [6.07, 6.45) is 1.53. The van der Waals surface area contributed by atoms with Gasteiger partial charge in [-0.1, -0.05) is 24.3 Å². The third-order valence-electron chi connectivity index (χ3n) is 4.37. The second kappa shape index (κ2) is 7.36. The molecular weight excluding hydrogens is 372 g/mol. The van der Waals surface area contributed by atoms with Gasteiger partial charge in [0, 0.05) is 12.3 Å². The minimum atomic E-state index is -0.115. The molecule has 2 aromatic heterocycles. The largest absolute Gasteiger partial charge is 0.293 e. The number of carbonyl (C=O) groups excluding carboxylic acids is 1. The molecule has 0 radical (unpaired) electrons. The van der Waals surface area contributed by atoms with E-state index in [4.69, 9.17) is 0 Å². The van der Waals surface area contributed by atoms with Gasteiger partial charge in [-0.3, -0.25) is 19.1 Å². The minimum Gasteiger partial charge on any atom is -0.293 e. The number of aryl methyl sites for hydroxylation is 1. The zero-order chi connectivity index (χ0) is 19.7. The molecule has 0 bridgehead atoms. The van der Waals surface area contributed by atoms with Gasteiger partial charge >= 0.3 is 0 Å². The average molecular weight is 390 g/mol. The molecule has 6 nitrogen and oxygen atoms in total. The van der Waals surface area contributed by atoms with E-state index in [0.717, 1.165) is 11.3 Å². The molecule has 7 heteroatoms. The van der Waals surface area contributed by atoms with Gasteiger partial charge in [0.2, 0.25) is 5.91 Å². The number of benzene rings is 2. The number of para-hydroxylation sites is 1. The van der Waals surface area contributed by atoms with Crippen molar-refractivity contribution in [2.75, 3.05) is 4.90 Å². The molecule has 4 rings (SSSR count). The summed E-state index contributed by atoms with van der Waals surface area (Å²) in [6, 6.07) is 15.0. The van der Waals surface area contributed by atoms with Crippen LogP contribution >= 0.6 is 11.3 Å². The van der Waals surface area contributed by atoms with Crippen molar-refractivity contribution in [2.24, 2.45) is 0 Å². The van der Waals surface area contributed by atoms with Crippen LogP contribution in [0.25, 0.3) is 10.9 Å². The molecule has 0 atom stereocenters. The number of thiazole rings is 1. The smallest absolute Gasteiger partial charge is 0.261 e. The maximum absolute atomic E-state index is 12.7. The third kappa shape index (κ3) is 3.44. The van der Waals surface area contributed by atoms with Crippen molar-refractivity contribution < 1.29 is 4.79 Å². The van der Waals surface area contributed by atoms with Gasteiger partial charge in [-0.2, -0.15) is 0 Å². The summed E-state index contributed by atoms with van der Waals surface area (Å²) < 4.78 is 1.53. The Morgan fingerprint density at radius 1 is 1.18 bits per heavy atom. The zero-order valence-electron chi connectivity index (χ0n) is 15.5. The van der Waals surface area contributed by atoms with Crippen LogP contribution in [0, 0.1) is 6.92 Å². The molecule has 0 N–H and O–H groups in total. The first-order valence-corrected chi connectivity index (χ1v) is 9.67. The predicted molar refractivity (Wildman–Crippen MR) is 111 cm³/mol. The van der Waals surface area contributed by atoms with E-state index in [1.54, 1.807) is 11.0 Å². The van der Waals surface area contributed by atoms with Crippen LogP contribution in [0.1, 0.15) is 18.2 Å². The average Bonchev–Trinajstić information content (AvgIpc) is 3.12. The first-order chi connectivity index (χ1) is 13.5. The van der Waals surface area contributed by atoms with Crippen LogP contribution in [-0.2, 0) is 11.3 Å². The fraction of sp³-hybridized carbons (Fsp3) is 0.143. The topological polar surface area (TPSA) is 68.1 Å². The highest BCUT2D eigenvalue weighted by molar-refractivity contribution is 7.14. The highest BCUT2D eigenvalue weighted by Crippen LogP contribution is 2.29. The van der Waals surface area contributed by atoms with Crippen LogP contribution in [0.4, 0.5) is 10.8 Å². The molecule has 0 fully saturated rings. The number of hydrogen-bond donors (Lipinski definition) is 0. The first-order valence-electron chi connectivity index (χ1n) is 8.79. The lowest BCUT2D eigenvalue weighted by Gasteiger charge is -2.18. The lowest BCUT2D eigenvalue weighted by molar-refractivity contribution is -0.115. The number of rotatable bonds is 4. The van der Waals surface area contributed by atoms with E-state index < -0.39 is 0 Å². The fourth-order valence-corrected chi connectivity index (χ4v) is 3.94. The molecule has 0 aliphatic heterocycles. The van der Waals surface area contributed by atoms with E-state index in [1.807, 2.05) is 54.8 Å². The minimum absolute atomic E-state index is 0.109. The summed E-state index contributed by atoms with van der Waals surface area (Å²) in [5.41, 5.74) is 3.11. The molecule has 0 saturated heterocycles.